The van der Waals surface area contributed by atoms with E-state index in [4.69, 9.17) is 10.2 Å². The van der Waals surface area contributed by atoms with Gasteiger partial charge >= 0.3 is 0 Å². The molecule has 0 aliphatic heterocycles. The smallest absolute Gasteiger partial charge is 0.273 e. The highest BCUT2D eigenvalue weighted by Gasteiger charge is 2.18. The van der Waals surface area contributed by atoms with Gasteiger partial charge in [0.25, 0.3) is 10.0 Å². The summed E-state index contributed by atoms with van der Waals surface area (Å²) in [6.45, 7) is 0.150. The molecule has 0 bridgehead atoms. The zero-order valence-corrected chi connectivity index (χ0v) is 11.6. The number of rotatable bonds is 7. The van der Waals surface area contributed by atoms with Crippen LogP contribution in [0.4, 0.5) is 0 Å². The van der Waals surface area contributed by atoms with E-state index in [1.54, 1.807) is 0 Å². The molecule has 104 valence electrons. The summed E-state index contributed by atoms with van der Waals surface area (Å²) in [6.07, 6.45) is 1.31. The van der Waals surface area contributed by atoms with Gasteiger partial charge < -0.3 is 10.2 Å². The highest BCUT2D eigenvalue weighted by atomic mass is 32.2. The third-order valence-corrected chi connectivity index (χ3v) is 4.45. The first kappa shape index (κ1) is 15.2. The highest BCUT2D eigenvalue weighted by molar-refractivity contribution is 7.90. The molecule has 9 heteroatoms. The lowest BCUT2D eigenvalue weighted by Gasteiger charge is -2.03. The number of hydrogen-bond acceptors (Lipinski definition) is 6. The van der Waals surface area contributed by atoms with E-state index in [-0.39, 0.29) is 30.4 Å². The van der Waals surface area contributed by atoms with E-state index in [9.17, 15) is 16.8 Å². The summed E-state index contributed by atoms with van der Waals surface area (Å²) in [6, 6.07) is 2.78. The Morgan fingerprint density at radius 3 is 2.44 bits per heavy atom. The molecule has 1 aromatic rings. The molecule has 7 nitrogen and oxygen atoms in total. The normalized spacial score (nSPS) is 12.8. The molecule has 0 saturated heterocycles. The maximum absolute atomic E-state index is 11.7. The van der Waals surface area contributed by atoms with E-state index in [0.29, 0.717) is 5.76 Å². The molecule has 0 aliphatic carbocycles. The second kappa shape index (κ2) is 5.83. The fourth-order valence-electron chi connectivity index (χ4n) is 1.22. The van der Waals surface area contributed by atoms with Gasteiger partial charge in [0.1, 0.15) is 15.6 Å². The summed E-state index contributed by atoms with van der Waals surface area (Å²) in [5.74, 6) is 0.299. The summed E-state index contributed by atoms with van der Waals surface area (Å²) in [5.41, 5.74) is 5.30. The molecule has 0 unspecified atom stereocenters. The number of sulfone groups is 1. The van der Waals surface area contributed by atoms with Crippen LogP contribution in [0.2, 0.25) is 0 Å². The van der Waals surface area contributed by atoms with Crippen molar-refractivity contribution in [1.82, 2.24) is 4.72 Å². The fraction of sp³-hybridized carbons (Fsp3) is 0.556. The second-order valence-electron chi connectivity index (χ2n) is 3.81. The van der Waals surface area contributed by atoms with E-state index in [0.717, 1.165) is 6.26 Å². The van der Waals surface area contributed by atoms with Crippen LogP contribution >= 0.6 is 0 Å². The molecule has 0 saturated carbocycles. The van der Waals surface area contributed by atoms with E-state index in [1.807, 2.05) is 0 Å². The van der Waals surface area contributed by atoms with Crippen LogP contribution in [0.25, 0.3) is 0 Å². The van der Waals surface area contributed by atoms with Gasteiger partial charge in [-0.25, -0.2) is 21.6 Å². The number of nitrogens with one attached hydrogen (secondary N) is 1. The van der Waals surface area contributed by atoms with Crippen LogP contribution in [0.3, 0.4) is 0 Å². The van der Waals surface area contributed by atoms with Crippen LogP contribution in [-0.4, -0.2) is 35.4 Å². The monoisotopic (exact) mass is 296 g/mol. The number of hydrogen-bond donors (Lipinski definition) is 2. The maximum atomic E-state index is 11.7. The van der Waals surface area contributed by atoms with E-state index in [2.05, 4.69) is 4.72 Å². The van der Waals surface area contributed by atoms with Gasteiger partial charge in [0.05, 0.1) is 12.3 Å². The minimum atomic E-state index is -3.73. The average molecular weight is 296 g/mol. The molecule has 18 heavy (non-hydrogen) atoms. The van der Waals surface area contributed by atoms with Crippen molar-refractivity contribution in [2.75, 3.05) is 18.6 Å². The molecular formula is C9H16N2O5S2. The van der Waals surface area contributed by atoms with Crippen LogP contribution in [0.1, 0.15) is 12.2 Å². The Hall–Kier alpha value is -0.900. The van der Waals surface area contributed by atoms with Crippen molar-refractivity contribution in [2.45, 2.75) is 18.1 Å². The maximum Gasteiger partial charge on any atom is 0.273 e. The lowest BCUT2D eigenvalue weighted by atomic mass is 10.5. The Morgan fingerprint density at radius 2 is 1.94 bits per heavy atom. The SMILES string of the molecule is CS(=O)(=O)CCCNS(=O)(=O)c1ccc(CN)o1. The molecule has 0 radical (unpaired) electrons. The van der Waals surface area contributed by atoms with E-state index in [1.165, 1.54) is 12.1 Å². The third-order valence-electron chi connectivity index (χ3n) is 2.09. The summed E-state index contributed by atoms with van der Waals surface area (Å²) >= 11 is 0. The molecule has 0 atom stereocenters. The van der Waals surface area contributed by atoms with Gasteiger partial charge in [-0.15, -0.1) is 0 Å². The van der Waals surface area contributed by atoms with Crippen LogP contribution in [-0.2, 0) is 26.4 Å². The Labute approximate surface area is 106 Å². The summed E-state index contributed by atoms with van der Waals surface area (Å²) in [7, 11) is -6.82. The first-order valence-corrected chi connectivity index (χ1v) is 8.75. The van der Waals surface area contributed by atoms with E-state index >= 15 is 0 Å². The number of sulfonamides is 1. The van der Waals surface area contributed by atoms with Gasteiger partial charge in [-0.1, -0.05) is 0 Å². The van der Waals surface area contributed by atoms with Gasteiger partial charge in [0.2, 0.25) is 5.09 Å². The topological polar surface area (TPSA) is 119 Å². The summed E-state index contributed by atoms with van der Waals surface area (Å²) in [4.78, 5) is 0. The van der Waals surface area contributed by atoms with Crippen molar-refractivity contribution >= 4 is 19.9 Å². The van der Waals surface area contributed by atoms with Crippen molar-refractivity contribution in [3.63, 3.8) is 0 Å². The molecule has 0 fully saturated rings. The third kappa shape index (κ3) is 4.77. The number of furan rings is 1. The first-order chi connectivity index (χ1) is 8.24. The zero-order chi connectivity index (χ0) is 13.8. The van der Waals surface area contributed by atoms with Gasteiger partial charge in [-0.2, -0.15) is 0 Å². The summed E-state index contributed by atoms with van der Waals surface area (Å²) < 4.78 is 52.4. The predicted octanol–water partition coefficient (Wildman–Crippen LogP) is -0.549. The average Bonchev–Trinajstić information content (AvgIpc) is 2.72. The van der Waals surface area contributed by atoms with Gasteiger partial charge in [0.15, 0.2) is 0 Å². The van der Waals surface area contributed by atoms with E-state index < -0.39 is 19.9 Å². The van der Waals surface area contributed by atoms with Crippen molar-refractivity contribution in [2.24, 2.45) is 5.73 Å². The van der Waals surface area contributed by atoms with Crippen molar-refractivity contribution in [3.05, 3.63) is 17.9 Å². The lowest BCUT2D eigenvalue weighted by Crippen LogP contribution is -2.25. The van der Waals surface area contributed by atoms with Crippen LogP contribution in [0, 0.1) is 0 Å². The first-order valence-electron chi connectivity index (χ1n) is 5.21. The minimum Gasteiger partial charge on any atom is -0.447 e. The Morgan fingerprint density at radius 1 is 1.28 bits per heavy atom. The molecule has 0 amide bonds. The Balaban J connectivity index is 2.55. The van der Waals surface area contributed by atoms with Crippen molar-refractivity contribution < 1.29 is 21.3 Å². The molecule has 0 aromatic carbocycles. The Kier molecular flexibility index (Phi) is 4.91. The van der Waals surface area contributed by atoms with Crippen LogP contribution < -0.4 is 10.5 Å². The molecule has 0 spiro atoms. The standard InChI is InChI=1S/C9H16N2O5S2/c1-17(12,13)6-2-5-11-18(14,15)9-4-3-8(7-10)16-9/h3-4,11H,2,5-7,10H2,1H3. The van der Waals surface area contributed by atoms with Gasteiger partial charge in [-0.05, 0) is 18.6 Å². The van der Waals surface area contributed by atoms with Crippen LogP contribution in [0.15, 0.2) is 21.6 Å². The molecule has 1 rings (SSSR count). The molecule has 1 heterocycles. The van der Waals surface area contributed by atoms with Gasteiger partial charge in [0, 0.05) is 12.8 Å². The minimum absolute atomic E-state index is 0.0358. The lowest BCUT2D eigenvalue weighted by molar-refractivity contribution is 0.413. The highest BCUT2D eigenvalue weighted by Crippen LogP contribution is 2.12. The molecule has 0 aliphatic rings. The zero-order valence-electron chi connectivity index (χ0n) is 9.92. The van der Waals surface area contributed by atoms with Crippen LogP contribution in [0.5, 0.6) is 0 Å². The number of nitrogens with two attached hydrogens (primary N) is 1. The quantitative estimate of drug-likeness (QED) is 0.652. The fourth-order valence-corrected chi connectivity index (χ4v) is 2.91. The predicted molar refractivity (Wildman–Crippen MR) is 66.1 cm³/mol. The molecular weight excluding hydrogens is 280 g/mol. The second-order valence-corrected chi connectivity index (χ2v) is 7.76. The van der Waals surface area contributed by atoms with Gasteiger partial charge in [-0.3, -0.25) is 0 Å². The van der Waals surface area contributed by atoms with Crippen molar-refractivity contribution in [1.29, 1.82) is 0 Å². The molecule has 1 aromatic heterocycles. The van der Waals surface area contributed by atoms with Crippen molar-refractivity contribution in [3.8, 4) is 0 Å². The molecule has 3 N–H and O–H groups in total. The largest absolute Gasteiger partial charge is 0.447 e. The Bertz CT molecular complexity index is 588. The summed E-state index contributed by atoms with van der Waals surface area (Å²) in [5, 5.41) is -0.220.